The third kappa shape index (κ3) is 6.24. The lowest BCUT2D eigenvalue weighted by molar-refractivity contribution is -0.149. The van der Waals surface area contributed by atoms with Crippen molar-refractivity contribution in [3.05, 3.63) is 34.3 Å². The standard InChI is InChI=1S/C14H20BrF3N2/c1-10(2)20(9-14(16,17)18)8-7-13(19)11-3-5-12(15)6-4-11/h3-6,10,13H,7-9,19H2,1-2H3. The molecule has 1 rings (SSSR count). The van der Waals surface area contributed by atoms with Crippen molar-refractivity contribution in [1.82, 2.24) is 4.90 Å². The number of hydrogen-bond donors (Lipinski definition) is 1. The number of alkyl halides is 3. The Morgan fingerprint density at radius 3 is 2.20 bits per heavy atom. The van der Waals surface area contributed by atoms with Crippen molar-refractivity contribution in [3.8, 4) is 0 Å². The molecule has 0 saturated heterocycles. The summed E-state index contributed by atoms with van der Waals surface area (Å²) in [5, 5.41) is 0. The average Bonchev–Trinajstić information content (AvgIpc) is 2.33. The van der Waals surface area contributed by atoms with E-state index in [0.29, 0.717) is 13.0 Å². The molecule has 0 amide bonds. The van der Waals surface area contributed by atoms with Crippen LogP contribution < -0.4 is 5.73 Å². The summed E-state index contributed by atoms with van der Waals surface area (Å²) in [5.41, 5.74) is 6.97. The van der Waals surface area contributed by atoms with Gasteiger partial charge in [0.05, 0.1) is 6.54 Å². The van der Waals surface area contributed by atoms with E-state index >= 15 is 0 Å². The molecule has 2 nitrogen and oxygen atoms in total. The summed E-state index contributed by atoms with van der Waals surface area (Å²) in [6.07, 6.45) is -3.68. The summed E-state index contributed by atoms with van der Waals surface area (Å²) in [5.74, 6) is 0. The minimum Gasteiger partial charge on any atom is -0.324 e. The van der Waals surface area contributed by atoms with Gasteiger partial charge in [0.15, 0.2) is 0 Å². The smallest absolute Gasteiger partial charge is 0.324 e. The highest BCUT2D eigenvalue weighted by molar-refractivity contribution is 9.10. The van der Waals surface area contributed by atoms with Gasteiger partial charge in [-0.05, 0) is 38.0 Å². The summed E-state index contributed by atoms with van der Waals surface area (Å²) in [4.78, 5) is 1.40. The summed E-state index contributed by atoms with van der Waals surface area (Å²) < 4.78 is 38.4. The Hall–Kier alpha value is -0.590. The van der Waals surface area contributed by atoms with Gasteiger partial charge >= 0.3 is 6.18 Å². The van der Waals surface area contributed by atoms with Gasteiger partial charge in [0.2, 0.25) is 0 Å². The molecule has 0 saturated carbocycles. The van der Waals surface area contributed by atoms with Crippen molar-refractivity contribution >= 4 is 15.9 Å². The van der Waals surface area contributed by atoms with E-state index in [1.165, 1.54) is 4.90 Å². The van der Waals surface area contributed by atoms with E-state index in [0.717, 1.165) is 10.0 Å². The summed E-state index contributed by atoms with van der Waals surface area (Å²) >= 11 is 3.33. The zero-order valence-electron chi connectivity index (χ0n) is 11.6. The fourth-order valence-electron chi connectivity index (χ4n) is 1.93. The van der Waals surface area contributed by atoms with Crippen LogP contribution in [0.1, 0.15) is 31.9 Å². The highest BCUT2D eigenvalue weighted by Gasteiger charge is 2.31. The first-order valence-electron chi connectivity index (χ1n) is 6.51. The van der Waals surface area contributed by atoms with Crippen molar-refractivity contribution in [2.24, 2.45) is 5.73 Å². The Kier molecular flexibility index (Phi) is 6.48. The van der Waals surface area contributed by atoms with E-state index in [-0.39, 0.29) is 12.1 Å². The van der Waals surface area contributed by atoms with E-state index in [1.807, 2.05) is 24.3 Å². The second-order valence-electron chi connectivity index (χ2n) is 5.13. The molecule has 0 radical (unpaired) electrons. The van der Waals surface area contributed by atoms with Crippen LogP contribution in [-0.4, -0.2) is 30.2 Å². The van der Waals surface area contributed by atoms with Crippen LogP contribution in [0.3, 0.4) is 0 Å². The summed E-state index contributed by atoms with van der Waals surface area (Å²) in [7, 11) is 0. The molecule has 1 aromatic rings. The molecule has 1 atom stereocenters. The maximum Gasteiger partial charge on any atom is 0.401 e. The van der Waals surface area contributed by atoms with Gasteiger partial charge in [-0.1, -0.05) is 28.1 Å². The quantitative estimate of drug-likeness (QED) is 0.834. The Morgan fingerprint density at radius 2 is 1.75 bits per heavy atom. The average molecular weight is 353 g/mol. The van der Waals surface area contributed by atoms with Crippen LogP contribution in [0.2, 0.25) is 0 Å². The third-order valence-electron chi connectivity index (χ3n) is 3.14. The second kappa shape index (κ2) is 7.43. The van der Waals surface area contributed by atoms with E-state index in [9.17, 15) is 13.2 Å². The molecule has 114 valence electrons. The van der Waals surface area contributed by atoms with Crippen LogP contribution in [0, 0.1) is 0 Å². The van der Waals surface area contributed by atoms with Crippen molar-refractivity contribution in [1.29, 1.82) is 0 Å². The van der Waals surface area contributed by atoms with E-state index in [2.05, 4.69) is 15.9 Å². The van der Waals surface area contributed by atoms with Gasteiger partial charge in [-0.15, -0.1) is 0 Å². The lowest BCUT2D eigenvalue weighted by atomic mass is 10.0. The van der Waals surface area contributed by atoms with Gasteiger partial charge in [0.1, 0.15) is 0 Å². The molecule has 0 heterocycles. The predicted octanol–water partition coefficient (Wildman–Crippen LogP) is 4.11. The molecule has 6 heteroatoms. The number of rotatable bonds is 6. The fraction of sp³-hybridized carbons (Fsp3) is 0.571. The summed E-state index contributed by atoms with van der Waals surface area (Å²) in [6, 6.07) is 7.12. The zero-order chi connectivity index (χ0) is 15.3. The molecule has 0 bridgehead atoms. The molecule has 1 aromatic carbocycles. The molecule has 20 heavy (non-hydrogen) atoms. The van der Waals surface area contributed by atoms with Gasteiger partial charge in [0, 0.05) is 23.1 Å². The van der Waals surface area contributed by atoms with Gasteiger partial charge in [-0.25, -0.2) is 0 Å². The zero-order valence-corrected chi connectivity index (χ0v) is 13.2. The van der Waals surface area contributed by atoms with Crippen molar-refractivity contribution in [3.63, 3.8) is 0 Å². The topological polar surface area (TPSA) is 29.3 Å². The molecular weight excluding hydrogens is 333 g/mol. The first-order valence-corrected chi connectivity index (χ1v) is 7.30. The number of nitrogens with zero attached hydrogens (tertiary/aromatic N) is 1. The van der Waals surface area contributed by atoms with Crippen molar-refractivity contribution in [2.45, 2.75) is 38.5 Å². The SMILES string of the molecule is CC(C)N(CCC(N)c1ccc(Br)cc1)CC(F)(F)F. The molecule has 0 aromatic heterocycles. The largest absolute Gasteiger partial charge is 0.401 e. The lowest BCUT2D eigenvalue weighted by Gasteiger charge is -2.28. The van der Waals surface area contributed by atoms with Crippen LogP contribution in [0.25, 0.3) is 0 Å². The molecule has 2 N–H and O–H groups in total. The number of halogens is 4. The molecule has 0 fully saturated rings. The molecule has 0 aliphatic carbocycles. The molecule has 0 spiro atoms. The molecule has 1 unspecified atom stereocenters. The third-order valence-corrected chi connectivity index (χ3v) is 3.67. The first-order chi connectivity index (χ1) is 9.19. The normalized spacial score (nSPS) is 14.1. The van der Waals surface area contributed by atoms with Crippen molar-refractivity contribution < 1.29 is 13.2 Å². The van der Waals surface area contributed by atoms with Crippen molar-refractivity contribution in [2.75, 3.05) is 13.1 Å². The van der Waals surface area contributed by atoms with Crippen LogP contribution in [0.4, 0.5) is 13.2 Å². The minimum absolute atomic E-state index is 0.159. The van der Waals surface area contributed by atoms with Crippen LogP contribution in [0.5, 0.6) is 0 Å². The maximum absolute atomic E-state index is 12.5. The fourth-order valence-corrected chi connectivity index (χ4v) is 2.20. The van der Waals surface area contributed by atoms with Crippen LogP contribution in [-0.2, 0) is 0 Å². The van der Waals surface area contributed by atoms with E-state index in [4.69, 9.17) is 5.73 Å². The Morgan fingerprint density at radius 1 is 1.20 bits per heavy atom. The summed E-state index contributed by atoms with van der Waals surface area (Å²) in [6.45, 7) is 2.96. The molecule has 0 aliphatic heterocycles. The monoisotopic (exact) mass is 352 g/mol. The Bertz CT molecular complexity index is 404. The van der Waals surface area contributed by atoms with Crippen LogP contribution in [0.15, 0.2) is 28.7 Å². The van der Waals surface area contributed by atoms with E-state index < -0.39 is 12.7 Å². The lowest BCUT2D eigenvalue weighted by Crippen LogP contribution is -2.40. The van der Waals surface area contributed by atoms with E-state index in [1.54, 1.807) is 13.8 Å². The van der Waals surface area contributed by atoms with Gasteiger partial charge in [0.25, 0.3) is 0 Å². The number of nitrogens with two attached hydrogens (primary N) is 1. The van der Waals surface area contributed by atoms with Gasteiger partial charge in [-0.2, -0.15) is 13.2 Å². The molecular formula is C14H20BrF3N2. The Labute approximate surface area is 126 Å². The highest BCUT2D eigenvalue weighted by Crippen LogP contribution is 2.21. The van der Waals surface area contributed by atoms with Gasteiger partial charge < -0.3 is 5.73 Å². The number of benzene rings is 1. The predicted molar refractivity (Wildman–Crippen MR) is 78.5 cm³/mol. The van der Waals surface area contributed by atoms with Crippen LogP contribution >= 0.6 is 15.9 Å². The Balaban J connectivity index is 2.56. The molecule has 0 aliphatic rings. The maximum atomic E-state index is 12.5. The first kappa shape index (κ1) is 17.5. The highest BCUT2D eigenvalue weighted by atomic mass is 79.9. The second-order valence-corrected chi connectivity index (χ2v) is 6.04. The number of hydrogen-bond acceptors (Lipinski definition) is 2. The van der Waals surface area contributed by atoms with Gasteiger partial charge in [-0.3, -0.25) is 4.90 Å². The minimum atomic E-state index is -4.17.